The van der Waals surface area contributed by atoms with Crippen LogP contribution in [0.25, 0.3) is 0 Å². The first kappa shape index (κ1) is 15.3. The maximum Gasteiger partial charge on any atom is 0.232 e. The molecule has 1 aromatic carbocycles. The zero-order valence-electron chi connectivity index (χ0n) is 11.7. The largest absolute Gasteiger partial charge is 0.284 e. The number of benzene rings is 1. The molecule has 6 heteroatoms. The molecule has 110 valence electrons. The molecule has 0 atom stereocenters. The lowest BCUT2D eigenvalue weighted by atomic mass is 9.91. The standard InChI is InChI=1S/C15H17N3O2S/c16-9-13-6-7-15(8-14(13)10-17)18-21(19,20)11-12-4-2-1-3-5-12/h6-8,12,18H,1-5,11H2. The number of hydrogen-bond acceptors (Lipinski definition) is 4. The smallest absolute Gasteiger partial charge is 0.232 e. The summed E-state index contributed by atoms with van der Waals surface area (Å²) < 4.78 is 26.8. The van der Waals surface area contributed by atoms with Crippen LogP contribution in [0.3, 0.4) is 0 Å². The summed E-state index contributed by atoms with van der Waals surface area (Å²) in [5.41, 5.74) is 0.754. The van der Waals surface area contributed by atoms with Crippen molar-refractivity contribution in [2.75, 3.05) is 10.5 Å². The molecule has 0 heterocycles. The van der Waals surface area contributed by atoms with Gasteiger partial charge < -0.3 is 0 Å². The van der Waals surface area contributed by atoms with Gasteiger partial charge in [0.05, 0.1) is 16.9 Å². The monoisotopic (exact) mass is 303 g/mol. The molecule has 0 radical (unpaired) electrons. The van der Waals surface area contributed by atoms with Gasteiger partial charge in [-0.1, -0.05) is 19.3 Å². The Kier molecular flexibility index (Phi) is 4.82. The first-order valence-electron chi connectivity index (χ1n) is 6.99. The predicted molar refractivity (Wildman–Crippen MR) is 79.9 cm³/mol. The van der Waals surface area contributed by atoms with Gasteiger partial charge in [0, 0.05) is 5.69 Å². The average Bonchev–Trinajstić information content (AvgIpc) is 2.47. The van der Waals surface area contributed by atoms with Gasteiger partial charge >= 0.3 is 0 Å². The van der Waals surface area contributed by atoms with Crippen LogP contribution in [0.2, 0.25) is 0 Å². The lowest BCUT2D eigenvalue weighted by Gasteiger charge is -2.21. The van der Waals surface area contributed by atoms with Crippen LogP contribution >= 0.6 is 0 Å². The molecular formula is C15H17N3O2S. The third kappa shape index (κ3) is 4.21. The highest BCUT2D eigenvalue weighted by molar-refractivity contribution is 7.92. The minimum Gasteiger partial charge on any atom is -0.284 e. The molecule has 0 saturated heterocycles. The van der Waals surface area contributed by atoms with E-state index in [1.165, 1.54) is 24.6 Å². The molecule has 2 rings (SSSR count). The topological polar surface area (TPSA) is 93.8 Å². The van der Waals surface area contributed by atoms with Crippen LogP contribution < -0.4 is 4.72 Å². The van der Waals surface area contributed by atoms with Crippen LogP contribution in [0.15, 0.2) is 18.2 Å². The van der Waals surface area contributed by atoms with Crippen LogP contribution in [-0.4, -0.2) is 14.2 Å². The van der Waals surface area contributed by atoms with E-state index >= 15 is 0 Å². The van der Waals surface area contributed by atoms with Gasteiger partial charge in [0.1, 0.15) is 12.1 Å². The Hall–Kier alpha value is -2.05. The van der Waals surface area contributed by atoms with E-state index in [-0.39, 0.29) is 22.8 Å². The number of hydrogen-bond donors (Lipinski definition) is 1. The third-order valence-corrected chi connectivity index (χ3v) is 5.17. The van der Waals surface area contributed by atoms with E-state index in [9.17, 15) is 8.42 Å². The highest BCUT2D eigenvalue weighted by Crippen LogP contribution is 2.25. The molecular weight excluding hydrogens is 286 g/mol. The summed E-state index contributed by atoms with van der Waals surface area (Å²) in [5.74, 6) is 0.333. The van der Waals surface area contributed by atoms with Gasteiger partial charge in [0.15, 0.2) is 0 Å². The summed E-state index contributed by atoms with van der Waals surface area (Å²) in [5, 5.41) is 17.8. The van der Waals surface area contributed by atoms with E-state index in [4.69, 9.17) is 10.5 Å². The number of nitrogens with one attached hydrogen (secondary N) is 1. The van der Waals surface area contributed by atoms with Crippen molar-refractivity contribution in [3.8, 4) is 12.1 Å². The molecule has 1 aliphatic carbocycles. The van der Waals surface area contributed by atoms with E-state index in [1.807, 2.05) is 12.1 Å². The highest BCUT2D eigenvalue weighted by atomic mass is 32.2. The first-order valence-corrected chi connectivity index (χ1v) is 8.64. The van der Waals surface area contributed by atoms with Crippen LogP contribution in [0, 0.1) is 28.6 Å². The Balaban J connectivity index is 2.10. The molecule has 5 nitrogen and oxygen atoms in total. The summed E-state index contributed by atoms with van der Waals surface area (Å²) in [6.07, 6.45) is 5.28. The van der Waals surface area contributed by atoms with Crippen molar-refractivity contribution >= 4 is 15.7 Å². The highest BCUT2D eigenvalue weighted by Gasteiger charge is 2.21. The van der Waals surface area contributed by atoms with Gasteiger partial charge in [-0.2, -0.15) is 10.5 Å². The Morgan fingerprint density at radius 1 is 1.10 bits per heavy atom. The summed E-state index contributed by atoms with van der Waals surface area (Å²) in [4.78, 5) is 0. The Bertz CT molecular complexity index is 693. The molecule has 1 aliphatic rings. The lowest BCUT2D eigenvalue weighted by molar-refractivity contribution is 0.385. The van der Waals surface area contributed by atoms with Crippen molar-refractivity contribution < 1.29 is 8.42 Å². The molecule has 0 aromatic heterocycles. The van der Waals surface area contributed by atoms with Crippen LogP contribution in [0.4, 0.5) is 5.69 Å². The zero-order valence-corrected chi connectivity index (χ0v) is 12.5. The molecule has 1 N–H and O–H groups in total. The van der Waals surface area contributed by atoms with Gasteiger partial charge in [0.25, 0.3) is 0 Å². The lowest BCUT2D eigenvalue weighted by Crippen LogP contribution is -2.24. The molecule has 0 bridgehead atoms. The molecule has 1 aromatic rings. The zero-order chi connectivity index (χ0) is 15.3. The van der Waals surface area contributed by atoms with Crippen molar-refractivity contribution in [3.05, 3.63) is 29.3 Å². The summed E-state index contributed by atoms with van der Waals surface area (Å²) in [6.45, 7) is 0. The quantitative estimate of drug-likeness (QED) is 0.925. The van der Waals surface area contributed by atoms with E-state index in [1.54, 1.807) is 0 Å². The minimum absolute atomic E-state index is 0.120. The molecule has 0 unspecified atom stereocenters. The number of nitriles is 2. The van der Waals surface area contributed by atoms with E-state index in [2.05, 4.69) is 4.72 Å². The SMILES string of the molecule is N#Cc1ccc(NS(=O)(=O)CC2CCCCC2)cc1C#N. The fraction of sp³-hybridized carbons (Fsp3) is 0.467. The van der Waals surface area contributed by atoms with Gasteiger partial charge in [-0.25, -0.2) is 8.42 Å². The summed E-state index contributed by atoms with van der Waals surface area (Å²) in [7, 11) is -3.42. The second-order valence-corrected chi connectivity index (χ2v) is 7.14. The van der Waals surface area contributed by atoms with E-state index in [0.29, 0.717) is 5.69 Å². The third-order valence-electron chi connectivity index (χ3n) is 3.71. The van der Waals surface area contributed by atoms with Crippen molar-refractivity contribution in [1.29, 1.82) is 10.5 Å². The second-order valence-electron chi connectivity index (χ2n) is 5.37. The number of rotatable bonds is 4. The first-order chi connectivity index (χ1) is 10.0. The van der Waals surface area contributed by atoms with Gasteiger partial charge in [-0.05, 0) is 37.0 Å². The maximum absolute atomic E-state index is 12.2. The van der Waals surface area contributed by atoms with Crippen molar-refractivity contribution in [3.63, 3.8) is 0 Å². The summed E-state index contributed by atoms with van der Waals surface area (Å²) >= 11 is 0. The Morgan fingerprint density at radius 3 is 2.38 bits per heavy atom. The van der Waals surface area contributed by atoms with Crippen molar-refractivity contribution in [2.45, 2.75) is 32.1 Å². The van der Waals surface area contributed by atoms with Gasteiger partial charge in [0.2, 0.25) is 10.0 Å². The molecule has 0 amide bonds. The number of anilines is 1. The number of sulfonamides is 1. The van der Waals surface area contributed by atoms with E-state index in [0.717, 1.165) is 25.7 Å². The fourth-order valence-corrected chi connectivity index (χ4v) is 4.21. The normalized spacial score (nSPS) is 15.9. The Labute approximate surface area is 125 Å². The average molecular weight is 303 g/mol. The molecule has 0 spiro atoms. The predicted octanol–water partition coefficient (Wildman–Crippen LogP) is 2.75. The van der Waals surface area contributed by atoms with Crippen molar-refractivity contribution in [1.82, 2.24) is 0 Å². The van der Waals surface area contributed by atoms with Crippen LogP contribution in [0.5, 0.6) is 0 Å². The van der Waals surface area contributed by atoms with Crippen LogP contribution in [0.1, 0.15) is 43.2 Å². The van der Waals surface area contributed by atoms with Crippen molar-refractivity contribution in [2.24, 2.45) is 5.92 Å². The van der Waals surface area contributed by atoms with E-state index < -0.39 is 10.0 Å². The number of nitrogens with zero attached hydrogens (tertiary/aromatic N) is 2. The van der Waals surface area contributed by atoms with Gasteiger partial charge in [-0.3, -0.25) is 4.72 Å². The molecule has 0 aliphatic heterocycles. The second kappa shape index (κ2) is 6.60. The minimum atomic E-state index is -3.42. The van der Waals surface area contributed by atoms with Gasteiger partial charge in [-0.15, -0.1) is 0 Å². The molecule has 21 heavy (non-hydrogen) atoms. The maximum atomic E-state index is 12.2. The van der Waals surface area contributed by atoms with Crippen LogP contribution in [-0.2, 0) is 10.0 Å². The molecule has 1 fully saturated rings. The summed E-state index contributed by atoms with van der Waals surface area (Å²) in [6, 6.07) is 8.17. The Morgan fingerprint density at radius 2 is 1.76 bits per heavy atom. The molecule has 1 saturated carbocycles. The fourth-order valence-electron chi connectivity index (χ4n) is 2.68.